The van der Waals surface area contributed by atoms with Crippen molar-refractivity contribution >= 4 is 16.0 Å². The fraction of sp³-hybridized carbons (Fsp3) is 0.900. The van der Waals surface area contributed by atoms with Crippen LogP contribution in [0.4, 0.5) is 0 Å². The van der Waals surface area contributed by atoms with Gasteiger partial charge in [-0.3, -0.25) is 4.79 Å². The van der Waals surface area contributed by atoms with Crippen molar-refractivity contribution < 1.29 is 17.9 Å². The fourth-order valence-corrected chi connectivity index (χ4v) is 3.32. The molecule has 1 fully saturated rings. The molecule has 1 aliphatic heterocycles. The Morgan fingerprint density at radius 2 is 2.00 bits per heavy atom. The van der Waals surface area contributed by atoms with Crippen LogP contribution in [0.2, 0.25) is 0 Å². The molecule has 0 atom stereocenters. The maximum absolute atomic E-state index is 11.9. The van der Waals surface area contributed by atoms with E-state index >= 15 is 0 Å². The summed E-state index contributed by atoms with van der Waals surface area (Å²) in [5, 5.41) is 0. The lowest BCUT2D eigenvalue weighted by molar-refractivity contribution is -0.140. The summed E-state index contributed by atoms with van der Waals surface area (Å²) in [7, 11) is -1.95. The van der Waals surface area contributed by atoms with Crippen molar-refractivity contribution in [2.75, 3.05) is 26.0 Å². The second kappa shape index (κ2) is 6.32. The Balaban J connectivity index is 2.38. The zero-order valence-corrected chi connectivity index (χ0v) is 10.9. The van der Waals surface area contributed by atoms with Crippen molar-refractivity contribution in [3.8, 4) is 0 Å². The number of hydrogen-bond donors (Lipinski definition) is 1. The number of carbonyl (C=O) groups is 1. The van der Waals surface area contributed by atoms with E-state index in [-0.39, 0.29) is 24.2 Å². The Bertz CT molecular complexity index is 347. The van der Waals surface area contributed by atoms with Crippen LogP contribution in [0, 0.1) is 0 Å². The third-order valence-electron chi connectivity index (χ3n) is 2.90. The molecule has 0 spiro atoms. The number of hydrogen-bond acceptors (Lipinski definition) is 5. The van der Waals surface area contributed by atoms with Gasteiger partial charge in [-0.2, -0.15) is 0 Å². The molecule has 1 aliphatic rings. The Labute approximate surface area is 102 Å². The van der Waals surface area contributed by atoms with Crippen molar-refractivity contribution in [3.05, 3.63) is 0 Å². The smallest absolute Gasteiger partial charge is 0.305 e. The van der Waals surface area contributed by atoms with E-state index in [1.54, 1.807) is 0 Å². The van der Waals surface area contributed by atoms with Gasteiger partial charge in [0.15, 0.2) is 0 Å². The minimum absolute atomic E-state index is 0.00264. The van der Waals surface area contributed by atoms with E-state index in [4.69, 9.17) is 5.73 Å². The number of methoxy groups -OCH3 is 1. The summed E-state index contributed by atoms with van der Waals surface area (Å²) >= 11 is 0. The number of nitrogens with zero attached hydrogens (tertiary/aromatic N) is 1. The zero-order valence-electron chi connectivity index (χ0n) is 10.1. The number of sulfonamides is 1. The summed E-state index contributed by atoms with van der Waals surface area (Å²) in [5.74, 6) is -0.377. The summed E-state index contributed by atoms with van der Waals surface area (Å²) in [5.41, 5.74) is 5.72. The van der Waals surface area contributed by atoms with E-state index in [1.165, 1.54) is 11.4 Å². The largest absolute Gasteiger partial charge is 0.469 e. The summed E-state index contributed by atoms with van der Waals surface area (Å²) in [6.45, 7) is 0.976. The average Bonchev–Trinajstić information content (AvgIpc) is 2.29. The highest BCUT2D eigenvalue weighted by Gasteiger charge is 2.26. The van der Waals surface area contributed by atoms with Gasteiger partial charge in [-0.15, -0.1) is 0 Å². The second-order valence-corrected chi connectivity index (χ2v) is 6.32. The molecular formula is C10H20N2O4S. The number of esters is 1. The van der Waals surface area contributed by atoms with Crippen molar-refractivity contribution in [2.45, 2.75) is 31.7 Å². The number of nitrogens with two attached hydrogens (primary N) is 1. The first-order chi connectivity index (χ1) is 7.95. The quantitative estimate of drug-likeness (QED) is 0.688. The number of carbonyl (C=O) groups excluding carboxylic acids is 1. The molecule has 0 unspecified atom stereocenters. The van der Waals surface area contributed by atoms with Crippen LogP contribution in [0.25, 0.3) is 0 Å². The predicted molar refractivity (Wildman–Crippen MR) is 63.8 cm³/mol. The monoisotopic (exact) mass is 264 g/mol. The van der Waals surface area contributed by atoms with Gasteiger partial charge >= 0.3 is 5.97 Å². The van der Waals surface area contributed by atoms with Gasteiger partial charge in [0.1, 0.15) is 0 Å². The van der Waals surface area contributed by atoms with Gasteiger partial charge < -0.3 is 10.5 Å². The molecule has 0 bridgehead atoms. The van der Waals surface area contributed by atoms with Gasteiger partial charge in [-0.05, 0) is 19.3 Å². The van der Waals surface area contributed by atoms with Gasteiger partial charge in [-0.25, -0.2) is 12.7 Å². The zero-order chi connectivity index (χ0) is 12.9. The second-order valence-electron chi connectivity index (χ2n) is 4.23. The Hall–Kier alpha value is -0.660. The predicted octanol–water partition coefficient (Wildman–Crippen LogP) is -0.307. The molecule has 1 saturated heterocycles. The number of ether oxygens (including phenoxy) is 1. The first-order valence-electron chi connectivity index (χ1n) is 5.76. The molecule has 0 aromatic rings. The van der Waals surface area contributed by atoms with Gasteiger partial charge in [0.05, 0.1) is 12.9 Å². The van der Waals surface area contributed by atoms with E-state index in [1.807, 2.05) is 0 Å². The van der Waals surface area contributed by atoms with Crippen LogP contribution in [-0.2, 0) is 19.6 Å². The summed E-state index contributed by atoms with van der Waals surface area (Å²) in [6, 6.07) is 0.108. The number of piperidine rings is 1. The first kappa shape index (κ1) is 14.4. The van der Waals surface area contributed by atoms with Gasteiger partial charge in [0.2, 0.25) is 10.0 Å². The molecule has 1 heterocycles. The lowest BCUT2D eigenvalue weighted by Crippen LogP contribution is -2.43. The van der Waals surface area contributed by atoms with E-state index in [2.05, 4.69) is 4.74 Å². The molecule has 100 valence electrons. The van der Waals surface area contributed by atoms with E-state index < -0.39 is 10.0 Å². The topological polar surface area (TPSA) is 89.7 Å². The number of rotatable bonds is 5. The summed E-state index contributed by atoms with van der Waals surface area (Å²) in [6.07, 6.45) is 1.85. The van der Waals surface area contributed by atoms with Crippen molar-refractivity contribution in [2.24, 2.45) is 5.73 Å². The third-order valence-corrected chi connectivity index (χ3v) is 4.86. The molecular weight excluding hydrogens is 244 g/mol. The van der Waals surface area contributed by atoms with Crippen LogP contribution in [0.1, 0.15) is 25.7 Å². The van der Waals surface area contributed by atoms with Crippen molar-refractivity contribution in [1.82, 2.24) is 4.31 Å². The van der Waals surface area contributed by atoms with Crippen LogP contribution in [0.15, 0.2) is 0 Å². The highest BCUT2D eigenvalue weighted by atomic mass is 32.2. The average molecular weight is 264 g/mol. The molecule has 0 saturated carbocycles. The van der Waals surface area contributed by atoms with Crippen molar-refractivity contribution in [1.29, 1.82) is 0 Å². The van der Waals surface area contributed by atoms with Gasteiger partial charge in [0, 0.05) is 25.6 Å². The Morgan fingerprint density at radius 1 is 1.41 bits per heavy atom. The van der Waals surface area contributed by atoms with Crippen molar-refractivity contribution in [3.63, 3.8) is 0 Å². The molecule has 7 heteroatoms. The molecule has 0 aliphatic carbocycles. The van der Waals surface area contributed by atoms with Crippen LogP contribution >= 0.6 is 0 Å². The fourth-order valence-electron chi connectivity index (χ4n) is 1.78. The van der Waals surface area contributed by atoms with Crippen LogP contribution < -0.4 is 5.73 Å². The van der Waals surface area contributed by atoms with E-state index in [9.17, 15) is 13.2 Å². The molecule has 0 aromatic heterocycles. The lowest BCUT2D eigenvalue weighted by atomic mass is 10.1. The van der Waals surface area contributed by atoms with E-state index in [0.717, 1.165) is 0 Å². The molecule has 0 amide bonds. The van der Waals surface area contributed by atoms with E-state index in [0.29, 0.717) is 32.4 Å². The highest BCUT2D eigenvalue weighted by Crippen LogP contribution is 2.14. The minimum Gasteiger partial charge on any atom is -0.469 e. The Kier molecular flexibility index (Phi) is 5.35. The molecule has 0 radical (unpaired) electrons. The maximum Gasteiger partial charge on any atom is 0.305 e. The Morgan fingerprint density at radius 3 is 2.53 bits per heavy atom. The van der Waals surface area contributed by atoms with Crippen LogP contribution in [0.3, 0.4) is 0 Å². The van der Waals surface area contributed by atoms with Gasteiger partial charge in [0.25, 0.3) is 0 Å². The highest BCUT2D eigenvalue weighted by molar-refractivity contribution is 7.89. The normalized spacial score (nSPS) is 19.2. The summed E-state index contributed by atoms with van der Waals surface area (Å²) in [4.78, 5) is 10.9. The molecule has 17 heavy (non-hydrogen) atoms. The molecule has 1 rings (SSSR count). The lowest BCUT2D eigenvalue weighted by Gasteiger charge is -2.29. The standard InChI is InChI=1S/C10H20N2O4S/c1-16-10(13)3-2-8-17(14,15)12-6-4-9(11)5-7-12/h9H,2-8,11H2,1H3. The molecule has 0 aromatic carbocycles. The minimum atomic E-state index is -3.24. The van der Waals surface area contributed by atoms with Crippen LogP contribution in [-0.4, -0.2) is 50.7 Å². The molecule has 2 N–H and O–H groups in total. The first-order valence-corrected chi connectivity index (χ1v) is 7.37. The van der Waals surface area contributed by atoms with Gasteiger partial charge in [-0.1, -0.05) is 0 Å². The van der Waals surface area contributed by atoms with Crippen LogP contribution in [0.5, 0.6) is 0 Å². The summed E-state index contributed by atoms with van der Waals surface area (Å²) < 4.78 is 29.7. The SMILES string of the molecule is COC(=O)CCCS(=O)(=O)N1CCC(N)CC1. The molecule has 6 nitrogen and oxygen atoms in total. The maximum atomic E-state index is 11.9. The third kappa shape index (κ3) is 4.61.